The summed E-state index contributed by atoms with van der Waals surface area (Å²) >= 11 is 3.53. The van der Waals surface area contributed by atoms with Gasteiger partial charge in [-0.1, -0.05) is 30.3 Å². The van der Waals surface area contributed by atoms with E-state index in [2.05, 4.69) is 20.9 Å². The summed E-state index contributed by atoms with van der Waals surface area (Å²) in [7, 11) is -0.452. The lowest BCUT2D eigenvalue weighted by Gasteiger charge is -2.32. The molecule has 0 aliphatic carbocycles. The Labute approximate surface area is 151 Å². The lowest BCUT2D eigenvalue weighted by atomic mass is 9.80. The van der Waals surface area contributed by atoms with Crippen LogP contribution in [-0.4, -0.2) is 23.3 Å². The quantitative estimate of drug-likeness (QED) is 0.747. The smallest absolute Gasteiger partial charge is 0.473 e. The highest BCUT2D eigenvalue weighted by molar-refractivity contribution is 9.10. The topological polar surface area (TPSA) is 40.6 Å². The Balaban J connectivity index is 1.78. The van der Waals surface area contributed by atoms with Gasteiger partial charge in [0, 0.05) is 22.2 Å². The predicted octanol–water partition coefficient (Wildman–Crippen LogP) is 3.72. The van der Waals surface area contributed by atoms with Crippen LogP contribution < -0.4 is 10.2 Å². The third kappa shape index (κ3) is 3.51. The average Bonchev–Trinajstić information content (AvgIpc) is 2.75. The van der Waals surface area contributed by atoms with Crippen LogP contribution in [0.3, 0.4) is 0 Å². The van der Waals surface area contributed by atoms with Crippen molar-refractivity contribution in [2.45, 2.75) is 45.5 Å². The molecule has 6 heteroatoms. The number of nitrogens with zero attached hydrogens (tertiary/aromatic N) is 1. The summed E-state index contributed by atoms with van der Waals surface area (Å²) < 4.78 is 18.9. The summed E-state index contributed by atoms with van der Waals surface area (Å²) in [6.45, 7) is 8.62. The van der Waals surface area contributed by atoms with E-state index in [4.69, 9.17) is 14.0 Å². The Bertz CT molecular complexity index is 705. The first kappa shape index (κ1) is 17.5. The van der Waals surface area contributed by atoms with Gasteiger partial charge < -0.3 is 14.0 Å². The molecule has 1 aliphatic rings. The summed E-state index contributed by atoms with van der Waals surface area (Å²) in [6, 6.07) is 11.9. The van der Waals surface area contributed by atoms with Gasteiger partial charge in [0.1, 0.15) is 6.61 Å². The molecule has 1 aliphatic heterocycles. The zero-order valence-electron chi connectivity index (χ0n) is 14.4. The third-order valence-electron chi connectivity index (χ3n) is 4.60. The van der Waals surface area contributed by atoms with Crippen molar-refractivity contribution >= 4 is 28.5 Å². The Morgan fingerprint density at radius 1 is 1.08 bits per heavy atom. The molecule has 1 aromatic carbocycles. The van der Waals surface area contributed by atoms with Crippen molar-refractivity contribution in [1.29, 1.82) is 0 Å². The molecule has 0 spiro atoms. The van der Waals surface area contributed by atoms with Gasteiger partial charge in [0.15, 0.2) is 0 Å². The van der Waals surface area contributed by atoms with Crippen molar-refractivity contribution in [2.24, 2.45) is 0 Å². The second-order valence-corrected chi connectivity index (χ2v) is 7.76. The first-order chi connectivity index (χ1) is 11.3. The maximum absolute atomic E-state index is 6.11. The van der Waals surface area contributed by atoms with Gasteiger partial charge in [0.05, 0.1) is 11.2 Å². The fourth-order valence-corrected chi connectivity index (χ4v) is 2.80. The lowest BCUT2D eigenvalue weighted by Crippen LogP contribution is -2.41. The van der Waals surface area contributed by atoms with Crippen LogP contribution in [0.2, 0.25) is 0 Å². The third-order valence-corrected chi connectivity index (χ3v) is 5.26. The Morgan fingerprint density at radius 2 is 1.71 bits per heavy atom. The molecular formula is C18H21BBrNO3. The van der Waals surface area contributed by atoms with E-state index in [1.54, 1.807) is 6.20 Å². The van der Waals surface area contributed by atoms with Gasteiger partial charge in [-0.25, -0.2) is 4.98 Å². The summed E-state index contributed by atoms with van der Waals surface area (Å²) in [5.74, 6) is 0.548. The highest BCUT2D eigenvalue weighted by Gasteiger charge is 2.52. The first-order valence-corrected chi connectivity index (χ1v) is 8.76. The minimum Gasteiger partial charge on any atom is -0.473 e. The van der Waals surface area contributed by atoms with E-state index in [9.17, 15) is 0 Å². The number of rotatable bonds is 4. The number of ether oxygens (including phenoxy) is 1. The number of aromatic nitrogens is 1. The summed E-state index contributed by atoms with van der Waals surface area (Å²) in [6.07, 6.45) is 1.72. The van der Waals surface area contributed by atoms with Crippen molar-refractivity contribution in [3.8, 4) is 5.88 Å². The highest BCUT2D eigenvalue weighted by Crippen LogP contribution is 2.37. The van der Waals surface area contributed by atoms with Crippen LogP contribution in [0.5, 0.6) is 5.88 Å². The molecule has 2 aromatic rings. The van der Waals surface area contributed by atoms with Gasteiger partial charge in [-0.2, -0.15) is 0 Å². The summed E-state index contributed by atoms with van der Waals surface area (Å²) in [4.78, 5) is 4.32. The van der Waals surface area contributed by atoms with Crippen molar-refractivity contribution in [3.05, 3.63) is 52.6 Å². The number of halogens is 1. The molecule has 0 bridgehead atoms. The van der Waals surface area contributed by atoms with Crippen LogP contribution in [0.25, 0.3) is 0 Å². The molecule has 1 saturated heterocycles. The van der Waals surface area contributed by atoms with Crippen LogP contribution in [0.4, 0.5) is 0 Å². The van der Waals surface area contributed by atoms with Crippen molar-refractivity contribution in [1.82, 2.24) is 4.98 Å². The fourth-order valence-electron chi connectivity index (χ4n) is 2.40. The van der Waals surface area contributed by atoms with Crippen LogP contribution in [0.1, 0.15) is 33.3 Å². The minimum atomic E-state index is -0.452. The second kappa shape index (κ2) is 6.50. The predicted molar refractivity (Wildman–Crippen MR) is 98.4 cm³/mol. The van der Waals surface area contributed by atoms with Crippen LogP contribution >= 0.6 is 15.9 Å². The number of benzene rings is 1. The Kier molecular flexibility index (Phi) is 4.73. The number of pyridine rings is 1. The Hall–Kier alpha value is -1.37. The van der Waals surface area contributed by atoms with Crippen LogP contribution in [-0.2, 0) is 15.9 Å². The first-order valence-electron chi connectivity index (χ1n) is 7.96. The van der Waals surface area contributed by atoms with E-state index in [1.165, 1.54) is 0 Å². The minimum absolute atomic E-state index is 0.383. The molecule has 0 N–H and O–H groups in total. The van der Waals surface area contributed by atoms with E-state index in [0.717, 1.165) is 15.5 Å². The van der Waals surface area contributed by atoms with Crippen molar-refractivity contribution in [2.75, 3.05) is 0 Å². The van der Waals surface area contributed by atoms with Gasteiger partial charge in [-0.15, -0.1) is 0 Å². The molecule has 4 nitrogen and oxygen atoms in total. The molecule has 1 aromatic heterocycles. The van der Waals surface area contributed by atoms with E-state index in [-0.39, 0.29) is 11.2 Å². The monoisotopic (exact) mass is 389 g/mol. The maximum Gasteiger partial charge on any atom is 0.496 e. The van der Waals surface area contributed by atoms with E-state index in [1.807, 2.05) is 64.1 Å². The van der Waals surface area contributed by atoms with Crippen LogP contribution in [0, 0.1) is 0 Å². The number of hydrogen-bond acceptors (Lipinski definition) is 4. The SMILES string of the molecule is CC1(C)OB(c2cc(OCc3ccccc3)ncc2Br)OC1(C)C. The van der Waals surface area contributed by atoms with Gasteiger partial charge in [-0.05, 0) is 49.2 Å². The largest absolute Gasteiger partial charge is 0.496 e. The fraction of sp³-hybridized carbons (Fsp3) is 0.389. The Morgan fingerprint density at radius 3 is 2.33 bits per heavy atom. The normalized spacial score (nSPS) is 18.6. The van der Waals surface area contributed by atoms with Gasteiger partial charge in [-0.3, -0.25) is 0 Å². The maximum atomic E-state index is 6.11. The molecule has 126 valence electrons. The molecule has 0 amide bonds. The summed E-state index contributed by atoms with van der Waals surface area (Å²) in [5, 5.41) is 0. The molecule has 0 unspecified atom stereocenters. The molecule has 24 heavy (non-hydrogen) atoms. The highest BCUT2D eigenvalue weighted by atomic mass is 79.9. The molecule has 3 rings (SSSR count). The van der Waals surface area contributed by atoms with Gasteiger partial charge >= 0.3 is 7.12 Å². The van der Waals surface area contributed by atoms with E-state index < -0.39 is 7.12 Å². The molecule has 0 saturated carbocycles. The van der Waals surface area contributed by atoms with Gasteiger partial charge in [0.2, 0.25) is 5.88 Å². The van der Waals surface area contributed by atoms with E-state index in [0.29, 0.717) is 12.5 Å². The van der Waals surface area contributed by atoms with E-state index >= 15 is 0 Å². The number of hydrogen-bond donors (Lipinski definition) is 0. The zero-order chi connectivity index (χ0) is 17.4. The standard InChI is InChI=1S/C18H21BBrNO3/c1-17(2)18(3,4)24-19(23-17)14-10-16(21-11-15(14)20)22-12-13-8-6-5-7-9-13/h5-11H,12H2,1-4H3. The molecule has 2 heterocycles. The lowest BCUT2D eigenvalue weighted by molar-refractivity contribution is 0.00578. The zero-order valence-corrected chi connectivity index (χ0v) is 16.0. The molecule has 1 fully saturated rings. The molecule has 0 atom stereocenters. The average molecular weight is 390 g/mol. The van der Waals surface area contributed by atoms with Crippen LogP contribution in [0.15, 0.2) is 47.1 Å². The van der Waals surface area contributed by atoms with Crippen molar-refractivity contribution < 1.29 is 14.0 Å². The van der Waals surface area contributed by atoms with Gasteiger partial charge in [0.25, 0.3) is 0 Å². The molecular weight excluding hydrogens is 369 g/mol. The molecule has 0 radical (unpaired) electrons. The summed E-state index contributed by atoms with van der Waals surface area (Å²) in [5.41, 5.74) is 1.21. The second-order valence-electron chi connectivity index (χ2n) is 6.91. The van der Waals surface area contributed by atoms with Crippen molar-refractivity contribution in [3.63, 3.8) is 0 Å².